The zero-order valence-electron chi connectivity index (χ0n) is 17.9. The quantitative estimate of drug-likeness (QED) is 0.715. The van der Waals surface area contributed by atoms with Crippen LogP contribution in [0.2, 0.25) is 0 Å². The van der Waals surface area contributed by atoms with Crippen molar-refractivity contribution in [2.45, 2.75) is 49.5 Å². The van der Waals surface area contributed by atoms with Crippen LogP contribution in [0, 0.1) is 17.2 Å². The first-order chi connectivity index (χ1) is 15.5. The van der Waals surface area contributed by atoms with Crippen molar-refractivity contribution in [3.05, 3.63) is 54.1 Å². The summed E-state index contributed by atoms with van der Waals surface area (Å²) in [5.41, 5.74) is 1.12. The molecule has 0 radical (unpaired) electrons. The van der Waals surface area contributed by atoms with Gasteiger partial charge >= 0.3 is 0 Å². The molecule has 1 heterocycles. The number of sulfonamides is 1. The number of nitriles is 1. The van der Waals surface area contributed by atoms with Crippen molar-refractivity contribution in [3.63, 3.8) is 0 Å². The molecule has 0 atom stereocenters. The van der Waals surface area contributed by atoms with E-state index in [1.54, 1.807) is 0 Å². The van der Waals surface area contributed by atoms with Crippen LogP contribution >= 0.6 is 0 Å². The Morgan fingerprint density at radius 1 is 0.969 bits per heavy atom. The van der Waals surface area contributed by atoms with Gasteiger partial charge in [0.25, 0.3) is 0 Å². The molecule has 2 aromatic rings. The molecule has 1 aliphatic carbocycles. The Balaban J connectivity index is 1.29. The molecule has 168 valence electrons. The molecule has 2 fully saturated rings. The minimum atomic E-state index is -3.63. The molecule has 2 aromatic carbocycles. The maximum Gasteiger partial charge on any atom is 0.243 e. The SMILES string of the molecule is N#Cc1ccc(S(=O)(=O)N2CCC(C(=O)Nc3ccc(OC4CCCC4)cc3)CC2)cc1. The van der Waals surface area contributed by atoms with Gasteiger partial charge in [-0.25, -0.2) is 8.42 Å². The van der Waals surface area contributed by atoms with Crippen LogP contribution in [0.3, 0.4) is 0 Å². The smallest absolute Gasteiger partial charge is 0.243 e. The summed E-state index contributed by atoms with van der Waals surface area (Å²) in [7, 11) is -3.63. The second-order valence-electron chi connectivity index (χ2n) is 8.35. The topological polar surface area (TPSA) is 99.5 Å². The molecular weight excluding hydrogens is 426 g/mol. The van der Waals surface area contributed by atoms with Crippen LogP contribution < -0.4 is 10.1 Å². The maximum absolute atomic E-state index is 12.8. The van der Waals surface area contributed by atoms with Gasteiger partial charge in [-0.05, 0) is 87.1 Å². The van der Waals surface area contributed by atoms with Gasteiger partial charge in [-0.2, -0.15) is 9.57 Å². The van der Waals surface area contributed by atoms with Gasteiger partial charge in [0, 0.05) is 24.7 Å². The Bertz CT molecular complexity index is 1080. The van der Waals surface area contributed by atoms with E-state index < -0.39 is 10.0 Å². The molecule has 2 aliphatic rings. The van der Waals surface area contributed by atoms with E-state index >= 15 is 0 Å². The van der Waals surface area contributed by atoms with E-state index in [-0.39, 0.29) is 29.8 Å². The van der Waals surface area contributed by atoms with Gasteiger partial charge in [-0.1, -0.05) is 0 Å². The molecule has 8 heteroatoms. The normalized spacial score (nSPS) is 18.2. The number of carbonyl (C=O) groups is 1. The highest BCUT2D eigenvalue weighted by atomic mass is 32.2. The molecule has 1 saturated carbocycles. The third-order valence-corrected chi connectivity index (χ3v) is 8.09. The number of amides is 1. The molecule has 0 spiro atoms. The highest BCUT2D eigenvalue weighted by molar-refractivity contribution is 7.89. The summed E-state index contributed by atoms with van der Waals surface area (Å²) in [6.45, 7) is 0.573. The summed E-state index contributed by atoms with van der Waals surface area (Å²) >= 11 is 0. The fraction of sp³-hybridized carbons (Fsp3) is 0.417. The van der Waals surface area contributed by atoms with E-state index in [1.807, 2.05) is 30.3 Å². The number of ether oxygens (including phenoxy) is 1. The zero-order valence-corrected chi connectivity index (χ0v) is 18.7. The largest absolute Gasteiger partial charge is 0.490 e. The molecular formula is C24H27N3O4S. The van der Waals surface area contributed by atoms with Crippen LogP contribution in [0.4, 0.5) is 5.69 Å². The lowest BCUT2D eigenvalue weighted by atomic mass is 9.97. The number of hydrogen-bond acceptors (Lipinski definition) is 5. The lowest BCUT2D eigenvalue weighted by Crippen LogP contribution is -2.41. The lowest BCUT2D eigenvalue weighted by molar-refractivity contribution is -0.120. The molecule has 1 amide bonds. The fourth-order valence-corrected chi connectivity index (χ4v) is 5.74. The third kappa shape index (κ3) is 5.12. The van der Waals surface area contributed by atoms with Gasteiger partial charge in [0.05, 0.1) is 22.6 Å². The van der Waals surface area contributed by atoms with Crippen LogP contribution in [0.15, 0.2) is 53.4 Å². The predicted molar refractivity (Wildman–Crippen MR) is 121 cm³/mol. The second kappa shape index (κ2) is 9.72. The fourth-order valence-electron chi connectivity index (χ4n) is 4.27. The summed E-state index contributed by atoms with van der Waals surface area (Å²) in [6, 6.07) is 15.3. The lowest BCUT2D eigenvalue weighted by Gasteiger charge is -2.30. The van der Waals surface area contributed by atoms with Crippen LogP contribution in [0.25, 0.3) is 0 Å². The van der Waals surface area contributed by atoms with Crippen LogP contribution in [0.5, 0.6) is 5.75 Å². The third-order valence-electron chi connectivity index (χ3n) is 6.17. The number of rotatable bonds is 6. The van der Waals surface area contributed by atoms with Crippen molar-refractivity contribution in [2.75, 3.05) is 18.4 Å². The molecule has 4 rings (SSSR count). The minimum absolute atomic E-state index is 0.0927. The van der Waals surface area contributed by atoms with Gasteiger partial charge < -0.3 is 10.1 Å². The Kier molecular flexibility index (Phi) is 6.77. The van der Waals surface area contributed by atoms with Crippen molar-refractivity contribution in [1.29, 1.82) is 5.26 Å². The monoisotopic (exact) mass is 453 g/mol. The number of benzene rings is 2. The summed E-state index contributed by atoms with van der Waals surface area (Å²) in [5.74, 6) is 0.484. The first-order valence-corrected chi connectivity index (χ1v) is 12.5. The first-order valence-electron chi connectivity index (χ1n) is 11.0. The molecule has 1 N–H and O–H groups in total. The molecule has 1 saturated heterocycles. The number of carbonyl (C=O) groups excluding carboxylic acids is 1. The second-order valence-corrected chi connectivity index (χ2v) is 10.3. The summed E-state index contributed by atoms with van der Waals surface area (Å²) in [5, 5.41) is 11.8. The van der Waals surface area contributed by atoms with Crippen molar-refractivity contribution < 1.29 is 17.9 Å². The standard InChI is InChI=1S/C24H27N3O4S/c25-17-18-5-11-23(12-6-18)32(29,30)27-15-13-19(14-16-27)24(28)26-20-7-9-22(10-8-20)31-21-3-1-2-4-21/h5-12,19,21H,1-4,13-16H2,(H,26,28). The summed E-state index contributed by atoms with van der Waals surface area (Å²) < 4.78 is 33.0. The van der Waals surface area contributed by atoms with Crippen LogP contribution in [-0.4, -0.2) is 37.8 Å². The minimum Gasteiger partial charge on any atom is -0.490 e. The first kappa shape index (κ1) is 22.3. The molecule has 32 heavy (non-hydrogen) atoms. The average Bonchev–Trinajstić information content (AvgIpc) is 3.33. The predicted octanol–water partition coefficient (Wildman–Crippen LogP) is 3.92. The van der Waals surface area contributed by atoms with E-state index in [4.69, 9.17) is 10.00 Å². The van der Waals surface area contributed by atoms with E-state index in [1.165, 1.54) is 41.4 Å². The van der Waals surface area contributed by atoms with Gasteiger partial charge in [0.1, 0.15) is 5.75 Å². The zero-order chi connectivity index (χ0) is 22.6. The average molecular weight is 454 g/mol. The molecule has 1 aliphatic heterocycles. The van der Waals surface area contributed by atoms with E-state index in [2.05, 4.69) is 5.32 Å². The van der Waals surface area contributed by atoms with Crippen molar-refractivity contribution in [3.8, 4) is 11.8 Å². The van der Waals surface area contributed by atoms with Crippen molar-refractivity contribution in [1.82, 2.24) is 4.31 Å². The number of anilines is 1. The van der Waals surface area contributed by atoms with Gasteiger partial charge in [0.2, 0.25) is 15.9 Å². The molecule has 0 bridgehead atoms. The van der Waals surface area contributed by atoms with Gasteiger partial charge in [-0.15, -0.1) is 0 Å². The van der Waals surface area contributed by atoms with Gasteiger partial charge in [-0.3, -0.25) is 4.79 Å². The Labute approximate surface area is 189 Å². The number of piperidine rings is 1. The number of nitrogens with zero attached hydrogens (tertiary/aromatic N) is 2. The van der Waals surface area contributed by atoms with Gasteiger partial charge in [0.15, 0.2) is 0 Å². The number of nitrogens with one attached hydrogen (secondary N) is 1. The Hall–Kier alpha value is -2.89. The summed E-state index contributed by atoms with van der Waals surface area (Å²) in [6.07, 6.45) is 5.84. The summed E-state index contributed by atoms with van der Waals surface area (Å²) in [4.78, 5) is 12.9. The van der Waals surface area contributed by atoms with Crippen LogP contribution in [-0.2, 0) is 14.8 Å². The highest BCUT2D eigenvalue weighted by Gasteiger charge is 2.32. The van der Waals surface area contributed by atoms with Crippen molar-refractivity contribution in [2.24, 2.45) is 5.92 Å². The Morgan fingerprint density at radius 2 is 1.59 bits per heavy atom. The van der Waals surface area contributed by atoms with Crippen molar-refractivity contribution >= 4 is 21.6 Å². The van der Waals surface area contributed by atoms with Crippen LogP contribution in [0.1, 0.15) is 44.1 Å². The molecule has 7 nitrogen and oxygen atoms in total. The molecule has 0 unspecified atom stereocenters. The van der Waals surface area contributed by atoms with E-state index in [9.17, 15) is 13.2 Å². The highest BCUT2D eigenvalue weighted by Crippen LogP contribution is 2.27. The Morgan fingerprint density at radius 3 is 2.19 bits per heavy atom. The maximum atomic E-state index is 12.8. The number of hydrogen-bond donors (Lipinski definition) is 1. The molecule has 0 aromatic heterocycles. The van der Waals surface area contributed by atoms with E-state index in [0.29, 0.717) is 30.2 Å². The van der Waals surface area contributed by atoms with E-state index in [0.717, 1.165) is 18.6 Å².